The number of hydrogen-bond donors (Lipinski definition) is 2. The first-order chi connectivity index (χ1) is 12.8. The van der Waals surface area contributed by atoms with Gasteiger partial charge in [0.1, 0.15) is 0 Å². The molecule has 0 atom stereocenters. The van der Waals surface area contributed by atoms with Gasteiger partial charge in [0.15, 0.2) is 5.96 Å². The molecule has 0 aromatic heterocycles. The summed E-state index contributed by atoms with van der Waals surface area (Å²) >= 11 is 0. The van der Waals surface area contributed by atoms with Crippen LogP contribution in [0, 0.1) is 5.41 Å². The molecule has 1 aliphatic carbocycles. The van der Waals surface area contributed by atoms with E-state index in [0.29, 0.717) is 19.5 Å². The van der Waals surface area contributed by atoms with Gasteiger partial charge in [-0.1, -0.05) is 12.8 Å². The molecule has 0 spiro atoms. The van der Waals surface area contributed by atoms with Crippen LogP contribution in [0.25, 0.3) is 0 Å². The van der Waals surface area contributed by atoms with Gasteiger partial charge in [0, 0.05) is 32.8 Å². The number of nitrogens with zero attached hydrogens (tertiary/aromatic N) is 2. The molecule has 0 saturated heterocycles. The van der Waals surface area contributed by atoms with Crippen LogP contribution in [0.5, 0.6) is 0 Å². The minimum absolute atomic E-state index is 0.227. The molecule has 0 radical (unpaired) electrons. The number of aliphatic imine (C=N–C) groups is 1. The van der Waals surface area contributed by atoms with E-state index < -0.39 is 12.7 Å². The molecule has 0 heterocycles. The second-order valence-corrected chi connectivity index (χ2v) is 7.48. The van der Waals surface area contributed by atoms with E-state index >= 15 is 0 Å². The molecular weight excluding hydrogens is 357 g/mol. The Labute approximate surface area is 162 Å². The van der Waals surface area contributed by atoms with Crippen LogP contribution in [0.3, 0.4) is 0 Å². The number of ether oxygens (including phenoxy) is 1. The van der Waals surface area contributed by atoms with E-state index in [2.05, 4.69) is 10.6 Å². The fourth-order valence-electron chi connectivity index (χ4n) is 3.57. The molecule has 1 rings (SSSR count). The third kappa shape index (κ3) is 10.8. The zero-order valence-corrected chi connectivity index (χ0v) is 17.1. The van der Waals surface area contributed by atoms with E-state index in [1.54, 1.807) is 0 Å². The molecule has 1 fully saturated rings. The van der Waals surface area contributed by atoms with Gasteiger partial charge in [-0.15, -0.1) is 0 Å². The standard InChI is InChI=1S/C19H37F3N4O/c1-4-23-17(24-12-8-13-26(3)16-19(20,21)22)25-15-18(9-6-7-10-18)11-14-27-5-2/h4-16H2,1-3H3,(H2,23,24,25). The Morgan fingerprint density at radius 1 is 1.19 bits per heavy atom. The summed E-state index contributed by atoms with van der Waals surface area (Å²) in [6.07, 6.45) is 2.39. The topological polar surface area (TPSA) is 48.9 Å². The molecule has 27 heavy (non-hydrogen) atoms. The second-order valence-electron chi connectivity index (χ2n) is 7.48. The molecule has 0 aliphatic heterocycles. The van der Waals surface area contributed by atoms with Gasteiger partial charge < -0.3 is 15.4 Å². The van der Waals surface area contributed by atoms with Crippen LogP contribution in [0.15, 0.2) is 4.99 Å². The Hall–Kier alpha value is -1.02. The first kappa shape index (κ1) is 24.0. The summed E-state index contributed by atoms with van der Waals surface area (Å²) in [5.41, 5.74) is 0.227. The molecule has 0 bridgehead atoms. The van der Waals surface area contributed by atoms with E-state index in [1.165, 1.54) is 37.6 Å². The van der Waals surface area contributed by atoms with Gasteiger partial charge >= 0.3 is 6.18 Å². The van der Waals surface area contributed by atoms with Crippen LogP contribution in [0.1, 0.15) is 52.4 Å². The average Bonchev–Trinajstić information content (AvgIpc) is 3.04. The van der Waals surface area contributed by atoms with Crippen LogP contribution >= 0.6 is 0 Å². The highest BCUT2D eigenvalue weighted by Crippen LogP contribution is 2.41. The Balaban J connectivity index is 2.44. The number of hydrogen-bond acceptors (Lipinski definition) is 3. The number of guanidine groups is 1. The Morgan fingerprint density at radius 3 is 2.48 bits per heavy atom. The maximum atomic E-state index is 12.3. The first-order valence-electron chi connectivity index (χ1n) is 10.2. The van der Waals surface area contributed by atoms with Crippen LogP contribution in [0.2, 0.25) is 0 Å². The minimum Gasteiger partial charge on any atom is -0.382 e. The van der Waals surface area contributed by atoms with Crippen LogP contribution in [-0.2, 0) is 4.74 Å². The van der Waals surface area contributed by atoms with Crippen LogP contribution in [-0.4, -0.2) is 70.0 Å². The Bertz CT molecular complexity index is 424. The lowest BCUT2D eigenvalue weighted by Gasteiger charge is -2.27. The van der Waals surface area contributed by atoms with Crippen molar-refractivity contribution in [2.45, 2.75) is 58.5 Å². The normalized spacial score (nSPS) is 17.5. The van der Waals surface area contributed by atoms with Crippen molar-refractivity contribution in [3.63, 3.8) is 0 Å². The predicted molar refractivity (Wildman–Crippen MR) is 104 cm³/mol. The monoisotopic (exact) mass is 394 g/mol. The summed E-state index contributed by atoms with van der Waals surface area (Å²) in [6.45, 7) is 7.18. The quantitative estimate of drug-likeness (QED) is 0.303. The lowest BCUT2D eigenvalue weighted by molar-refractivity contribution is -0.143. The van der Waals surface area contributed by atoms with Gasteiger partial charge in [-0.05, 0) is 58.5 Å². The number of halogens is 3. The molecular formula is C19H37F3N4O. The van der Waals surface area contributed by atoms with E-state index in [9.17, 15) is 13.2 Å². The smallest absolute Gasteiger partial charge is 0.382 e. The molecule has 1 aliphatic rings. The summed E-state index contributed by atoms with van der Waals surface area (Å²) in [7, 11) is 1.50. The van der Waals surface area contributed by atoms with Gasteiger partial charge in [-0.25, -0.2) is 0 Å². The first-order valence-corrected chi connectivity index (χ1v) is 10.2. The van der Waals surface area contributed by atoms with Gasteiger partial charge in [0.2, 0.25) is 0 Å². The highest BCUT2D eigenvalue weighted by atomic mass is 19.4. The highest BCUT2D eigenvalue weighted by molar-refractivity contribution is 5.79. The fraction of sp³-hybridized carbons (Fsp3) is 0.947. The third-order valence-corrected chi connectivity index (χ3v) is 5.02. The second kappa shape index (κ2) is 12.4. The zero-order valence-electron chi connectivity index (χ0n) is 17.1. The van der Waals surface area contributed by atoms with Crippen molar-refractivity contribution in [2.75, 3.05) is 53.0 Å². The lowest BCUT2D eigenvalue weighted by atomic mass is 9.83. The SMILES string of the molecule is CCNC(=NCC1(CCOCC)CCCC1)NCCCN(C)CC(F)(F)F. The molecule has 0 unspecified atom stereocenters. The summed E-state index contributed by atoms with van der Waals surface area (Å²) in [5.74, 6) is 0.749. The summed E-state index contributed by atoms with van der Waals surface area (Å²) in [6, 6.07) is 0. The molecule has 5 nitrogen and oxygen atoms in total. The summed E-state index contributed by atoms with van der Waals surface area (Å²) in [5, 5.41) is 6.48. The summed E-state index contributed by atoms with van der Waals surface area (Å²) < 4.78 is 42.6. The van der Waals surface area contributed by atoms with E-state index in [0.717, 1.165) is 38.7 Å². The molecule has 0 aromatic rings. The van der Waals surface area contributed by atoms with E-state index in [1.807, 2.05) is 13.8 Å². The van der Waals surface area contributed by atoms with E-state index in [-0.39, 0.29) is 5.41 Å². The van der Waals surface area contributed by atoms with Gasteiger partial charge in [-0.2, -0.15) is 13.2 Å². The van der Waals surface area contributed by atoms with Crippen molar-refractivity contribution < 1.29 is 17.9 Å². The molecule has 160 valence electrons. The average molecular weight is 395 g/mol. The highest BCUT2D eigenvalue weighted by Gasteiger charge is 2.33. The van der Waals surface area contributed by atoms with Crippen LogP contribution < -0.4 is 10.6 Å². The van der Waals surface area contributed by atoms with Gasteiger partial charge in [0.05, 0.1) is 6.54 Å². The number of rotatable bonds is 12. The van der Waals surface area contributed by atoms with Crippen LogP contribution in [0.4, 0.5) is 13.2 Å². The number of nitrogens with one attached hydrogen (secondary N) is 2. The lowest BCUT2D eigenvalue weighted by Crippen LogP contribution is -2.40. The largest absolute Gasteiger partial charge is 0.401 e. The molecule has 0 amide bonds. The van der Waals surface area contributed by atoms with Crippen molar-refractivity contribution >= 4 is 5.96 Å². The van der Waals surface area contributed by atoms with Gasteiger partial charge in [-0.3, -0.25) is 9.89 Å². The maximum Gasteiger partial charge on any atom is 0.401 e. The van der Waals surface area contributed by atoms with Crippen molar-refractivity contribution in [3.05, 3.63) is 0 Å². The molecule has 0 aromatic carbocycles. The minimum atomic E-state index is -4.14. The molecule has 1 saturated carbocycles. The van der Waals surface area contributed by atoms with E-state index in [4.69, 9.17) is 9.73 Å². The molecule has 2 N–H and O–H groups in total. The third-order valence-electron chi connectivity index (χ3n) is 5.02. The maximum absolute atomic E-state index is 12.3. The Kier molecular flexibility index (Phi) is 11.1. The fourth-order valence-corrected chi connectivity index (χ4v) is 3.57. The molecule has 8 heteroatoms. The van der Waals surface area contributed by atoms with Crippen molar-refractivity contribution in [1.29, 1.82) is 0 Å². The predicted octanol–water partition coefficient (Wildman–Crippen LogP) is 3.41. The number of alkyl halides is 3. The van der Waals surface area contributed by atoms with Crippen molar-refractivity contribution in [1.82, 2.24) is 15.5 Å². The summed E-state index contributed by atoms with van der Waals surface area (Å²) in [4.78, 5) is 6.07. The zero-order chi connectivity index (χ0) is 20.2. The van der Waals surface area contributed by atoms with Crippen molar-refractivity contribution in [2.24, 2.45) is 10.4 Å². The Morgan fingerprint density at radius 2 is 1.89 bits per heavy atom. The van der Waals surface area contributed by atoms with Gasteiger partial charge in [0.25, 0.3) is 0 Å². The van der Waals surface area contributed by atoms with Crippen molar-refractivity contribution in [3.8, 4) is 0 Å².